The van der Waals surface area contributed by atoms with E-state index < -0.39 is 24.0 Å². The zero-order valence-corrected chi connectivity index (χ0v) is 17.8. The van der Waals surface area contributed by atoms with Gasteiger partial charge in [0.25, 0.3) is 0 Å². The number of carbonyl (C=O) groups excluding carboxylic acids is 2. The van der Waals surface area contributed by atoms with E-state index in [1.807, 2.05) is 0 Å². The molecule has 1 heterocycles. The number of hydrogen-bond acceptors (Lipinski definition) is 3. The van der Waals surface area contributed by atoms with Gasteiger partial charge in [-0.05, 0) is 55.3 Å². The van der Waals surface area contributed by atoms with Crippen molar-refractivity contribution < 1.29 is 22.8 Å². The third-order valence-electron chi connectivity index (χ3n) is 5.36. The van der Waals surface area contributed by atoms with Crippen LogP contribution in [0.2, 0.25) is 0 Å². The summed E-state index contributed by atoms with van der Waals surface area (Å²) in [5.74, 6) is -2.63. The van der Waals surface area contributed by atoms with Crippen molar-refractivity contribution in [1.29, 1.82) is 0 Å². The number of rotatable bonds is 5. The fraction of sp³-hybridized carbons (Fsp3) is 0.455. The lowest BCUT2D eigenvalue weighted by molar-refractivity contribution is -0.171. The highest BCUT2D eigenvalue weighted by molar-refractivity contribution is 7.10. The second-order valence-electron chi connectivity index (χ2n) is 7.72. The molecule has 3 rings (SSSR count). The summed E-state index contributed by atoms with van der Waals surface area (Å²) < 4.78 is 40.9. The zero-order chi connectivity index (χ0) is 21.9. The molecule has 162 valence electrons. The Balaban J connectivity index is 2.08. The average Bonchev–Trinajstić information content (AvgIpc) is 3.21. The van der Waals surface area contributed by atoms with Crippen molar-refractivity contribution in [2.45, 2.75) is 64.2 Å². The van der Waals surface area contributed by atoms with Crippen molar-refractivity contribution >= 4 is 28.8 Å². The minimum Gasteiger partial charge on any atom is -0.351 e. The predicted octanol–water partition coefficient (Wildman–Crippen LogP) is 5.45. The number of alkyl halides is 3. The van der Waals surface area contributed by atoms with Crippen molar-refractivity contribution in [3.05, 3.63) is 51.7 Å². The maximum absolute atomic E-state index is 13.6. The summed E-state index contributed by atoms with van der Waals surface area (Å²) >= 11 is 1.16. The molecule has 0 bridgehead atoms. The second-order valence-corrected chi connectivity index (χ2v) is 8.70. The molecule has 0 saturated heterocycles. The second kappa shape index (κ2) is 9.20. The lowest BCUT2D eigenvalue weighted by atomic mass is 9.95. The fourth-order valence-electron chi connectivity index (χ4n) is 3.83. The van der Waals surface area contributed by atoms with Crippen LogP contribution in [0.3, 0.4) is 0 Å². The molecule has 4 nitrogen and oxygen atoms in total. The van der Waals surface area contributed by atoms with Crippen LogP contribution < -0.4 is 10.2 Å². The molecule has 1 aromatic carbocycles. The molecule has 0 spiro atoms. The third kappa shape index (κ3) is 5.03. The molecule has 1 unspecified atom stereocenters. The number of hydrogen-bond donors (Lipinski definition) is 1. The van der Waals surface area contributed by atoms with E-state index in [2.05, 4.69) is 5.32 Å². The third-order valence-corrected chi connectivity index (χ3v) is 6.28. The highest BCUT2D eigenvalue weighted by Crippen LogP contribution is 2.36. The van der Waals surface area contributed by atoms with Gasteiger partial charge in [-0.15, -0.1) is 11.3 Å². The van der Waals surface area contributed by atoms with Crippen LogP contribution in [0.1, 0.15) is 54.1 Å². The van der Waals surface area contributed by atoms with E-state index in [4.69, 9.17) is 0 Å². The number of benzene rings is 1. The van der Waals surface area contributed by atoms with Gasteiger partial charge in [-0.2, -0.15) is 13.2 Å². The van der Waals surface area contributed by atoms with Crippen LogP contribution in [0.25, 0.3) is 0 Å². The van der Waals surface area contributed by atoms with E-state index in [1.54, 1.807) is 43.5 Å². The number of aryl methyl sites for hydroxylation is 2. The number of halogens is 3. The Morgan fingerprint density at radius 2 is 1.83 bits per heavy atom. The summed E-state index contributed by atoms with van der Waals surface area (Å²) in [4.78, 5) is 26.9. The van der Waals surface area contributed by atoms with Gasteiger partial charge in [0.05, 0.1) is 0 Å². The summed E-state index contributed by atoms with van der Waals surface area (Å²) in [5.41, 5.74) is 1.29. The van der Waals surface area contributed by atoms with Gasteiger partial charge in [0, 0.05) is 16.6 Å². The molecule has 1 atom stereocenters. The van der Waals surface area contributed by atoms with Crippen LogP contribution >= 0.6 is 11.3 Å². The average molecular weight is 439 g/mol. The van der Waals surface area contributed by atoms with Gasteiger partial charge >= 0.3 is 12.1 Å². The maximum Gasteiger partial charge on any atom is 0.471 e. The number of nitrogens with one attached hydrogen (secondary N) is 1. The van der Waals surface area contributed by atoms with E-state index in [0.717, 1.165) is 43.4 Å². The predicted molar refractivity (Wildman–Crippen MR) is 112 cm³/mol. The Kier molecular flexibility index (Phi) is 6.85. The largest absolute Gasteiger partial charge is 0.471 e. The van der Waals surface area contributed by atoms with Crippen molar-refractivity contribution in [2.75, 3.05) is 4.90 Å². The van der Waals surface area contributed by atoms with Gasteiger partial charge in [-0.25, -0.2) is 0 Å². The molecule has 0 aliphatic heterocycles. The smallest absolute Gasteiger partial charge is 0.351 e. The van der Waals surface area contributed by atoms with E-state index >= 15 is 0 Å². The monoisotopic (exact) mass is 438 g/mol. The van der Waals surface area contributed by atoms with Crippen LogP contribution in [0.4, 0.5) is 18.9 Å². The molecule has 1 fully saturated rings. The molecular formula is C22H25F3N2O2S. The van der Waals surface area contributed by atoms with Crippen LogP contribution in [-0.2, 0) is 9.59 Å². The van der Waals surface area contributed by atoms with E-state index in [9.17, 15) is 22.8 Å². The molecular weight excluding hydrogens is 413 g/mol. The molecule has 1 aliphatic rings. The molecule has 8 heteroatoms. The minimum atomic E-state index is -5.11. The highest BCUT2D eigenvalue weighted by atomic mass is 32.1. The standard InChI is InChI=1S/C22H25F3N2O2S/c1-14-10-11-15(2)17(13-14)27(21(29)22(23,24)25)19(18-9-6-12-30-18)20(28)26-16-7-4-3-5-8-16/h6,9-13,16,19H,3-5,7-8H2,1-2H3,(H,26,28). The molecule has 2 aromatic rings. The fourth-order valence-corrected chi connectivity index (χ4v) is 4.64. The molecule has 2 amide bonds. The number of anilines is 1. The lowest BCUT2D eigenvalue weighted by Crippen LogP contribution is -2.50. The van der Waals surface area contributed by atoms with E-state index in [1.165, 1.54) is 6.07 Å². The summed E-state index contributed by atoms with van der Waals surface area (Å²) in [7, 11) is 0. The number of thiophene rings is 1. The Labute approximate surface area is 178 Å². The molecule has 1 N–H and O–H groups in total. The molecule has 1 aromatic heterocycles. The van der Waals surface area contributed by atoms with Crippen molar-refractivity contribution in [1.82, 2.24) is 5.32 Å². The van der Waals surface area contributed by atoms with Crippen LogP contribution in [0.15, 0.2) is 35.7 Å². The molecule has 30 heavy (non-hydrogen) atoms. The van der Waals surface area contributed by atoms with Crippen LogP contribution in [0, 0.1) is 13.8 Å². The summed E-state index contributed by atoms with van der Waals surface area (Å²) in [6.07, 6.45) is -0.508. The van der Waals surface area contributed by atoms with E-state index in [0.29, 0.717) is 20.9 Å². The Morgan fingerprint density at radius 1 is 1.13 bits per heavy atom. The summed E-state index contributed by atoms with van der Waals surface area (Å²) in [6, 6.07) is 6.73. The minimum absolute atomic E-state index is 0.0878. The Hall–Kier alpha value is -2.35. The maximum atomic E-state index is 13.6. The van der Waals surface area contributed by atoms with Crippen molar-refractivity contribution in [3.8, 4) is 0 Å². The van der Waals surface area contributed by atoms with Crippen LogP contribution in [-0.4, -0.2) is 24.0 Å². The van der Waals surface area contributed by atoms with Gasteiger partial charge in [0.15, 0.2) is 6.04 Å². The van der Waals surface area contributed by atoms with Gasteiger partial charge in [0.2, 0.25) is 5.91 Å². The summed E-state index contributed by atoms with van der Waals surface area (Å²) in [6.45, 7) is 3.37. The first-order chi connectivity index (χ1) is 14.2. The summed E-state index contributed by atoms with van der Waals surface area (Å²) in [5, 5.41) is 4.59. The number of amides is 2. The number of nitrogens with zero attached hydrogens (tertiary/aromatic N) is 1. The molecule has 0 radical (unpaired) electrons. The highest BCUT2D eigenvalue weighted by Gasteiger charge is 2.48. The van der Waals surface area contributed by atoms with Gasteiger partial charge in [0.1, 0.15) is 0 Å². The first kappa shape index (κ1) is 22.3. The Bertz CT molecular complexity index is 890. The molecule has 1 aliphatic carbocycles. The topological polar surface area (TPSA) is 49.4 Å². The number of carbonyl (C=O) groups is 2. The van der Waals surface area contributed by atoms with Crippen LogP contribution in [0.5, 0.6) is 0 Å². The first-order valence-electron chi connectivity index (χ1n) is 10.00. The first-order valence-corrected chi connectivity index (χ1v) is 10.9. The quantitative estimate of drug-likeness (QED) is 0.675. The van der Waals surface area contributed by atoms with E-state index in [-0.39, 0.29) is 11.7 Å². The van der Waals surface area contributed by atoms with Gasteiger partial charge in [-0.3, -0.25) is 14.5 Å². The van der Waals surface area contributed by atoms with Crippen molar-refractivity contribution in [3.63, 3.8) is 0 Å². The van der Waals surface area contributed by atoms with Crippen molar-refractivity contribution in [2.24, 2.45) is 0 Å². The SMILES string of the molecule is Cc1ccc(C)c(N(C(=O)C(F)(F)F)C(C(=O)NC2CCCCC2)c2cccs2)c1. The normalized spacial score (nSPS) is 16.2. The Morgan fingerprint density at radius 3 is 2.43 bits per heavy atom. The van der Waals surface area contributed by atoms with Gasteiger partial charge in [-0.1, -0.05) is 37.5 Å². The van der Waals surface area contributed by atoms with Gasteiger partial charge < -0.3 is 5.32 Å². The zero-order valence-electron chi connectivity index (χ0n) is 17.0. The lowest BCUT2D eigenvalue weighted by Gasteiger charge is -2.34. The molecule has 1 saturated carbocycles.